The number of aromatic nitrogens is 1. The molecule has 0 spiro atoms. The normalized spacial score (nSPS) is 11.9. The Labute approximate surface area is 146 Å². The first-order valence-corrected chi connectivity index (χ1v) is 8.54. The van der Waals surface area contributed by atoms with Gasteiger partial charge < -0.3 is 9.84 Å². The van der Waals surface area contributed by atoms with Crippen molar-refractivity contribution < 1.29 is 9.32 Å². The highest BCUT2D eigenvalue weighted by Gasteiger charge is 2.18. The van der Waals surface area contributed by atoms with Gasteiger partial charge in [-0.25, -0.2) is 0 Å². The third-order valence-corrected chi connectivity index (χ3v) is 4.87. The first kappa shape index (κ1) is 15.6. The van der Waals surface area contributed by atoms with Gasteiger partial charge in [0.15, 0.2) is 0 Å². The minimum atomic E-state index is 0.00577. The van der Waals surface area contributed by atoms with Crippen LogP contribution < -0.4 is 5.32 Å². The average Bonchev–Trinajstić information content (AvgIpc) is 3.13. The van der Waals surface area contributed by atoms with Crippen molar-refractivity contribution in [3.8, 4) is 11.1 Å². The number of nitrogens with one attached hydrogen (secondary N) is 1. The number of anilines is 1. The number of benzene rings is 2. The van der Waals surface area contributed by atoms with Crippen LogP contribution in [0, 0.1) is 13.8 Å². The number of carbonyl (C=O) groups is 1. The Balaban J connectivity index is 1.46. The zero-order chi connectivity index (χ0) is 17.4. The van der Waals surface area contributed by atoms with Crippen molar-refractivity contribution >= 4 is 11.6 Å². The highest BCUT2D eigenvalue weighted by atomic mass is 16.5. The van der Waals surface area contributed by atoms with Crippen LogP contribution in [0.15, 0.2) is 47.0 Å². The molecule has 0 saturated heterocycles. The van der Waals surface area contributed by atoms with Crippen LogP contribution in [-0.4, -0.2) is 11.1 Å². The monoisotopic (exact) mass is 332 g/mol. The van der Waals surface area contributed by atoms with E-state index >= 15 is 0 Å². The van der Waals surface area contributed by atoms with Gasteiger partial charge in [0.2, 0.25) is 5.91 Å². The SMILES string of the molecule is Cc1noc(C)c1CCC(=O)Nc1ccc2c(c1)-c1ccccc1C2. The van der Waals surface area contributed by atoms with Gasteiger partial charge in [-0.3, -0.25) is 4.79 Å². The summed E-state index contributed by atoms with van der Waals surface area (Å²) in [4.78, 5) is 12.3. The van der Waals surface area contributed by atoms with Gasteiger partial charge in [0.25, 0.3) is 0 Å². The molecule has 4 heteroatoms. The van der Waals surface area contributed by atoms with Crippen molar-refractivity contribution in [1.82, 2.24) is 5.16 Å². The highest BCUT2D eigenvalue weighted by molar-refractivity contribution is 5.92. The second-order valence-corrected chi connectivity index (χ2v) is 6.56. The third-order valence-electron chi connectivity index (χ3n) is 4.87. The van der Waals surface area contributed by atoms with E-state index in [9.17, 15) is 4.79 Å². The average molecular weight is 332 g/mol. The minimum Gasteiger partial charge on any atom is -0.361 e. The molecule has 1 aromatic heterocycles. The van der Waals surface area contributed by atoms with Crippen LogP contribution in [0.4, 0.5) is 5.69 Å². The molecule has 4 rings (SSSR count). The molecule has 2 aromatic carbocycles. The number of amides is 1. The van der Waals surface area contributed by atoms with Gasteiger partial charge in [0.05, 0.1) is 5.69 Å². The molecule has 0 bridgehead atoms. The van der Waals surface area contributed by atoms with E-state index in [1.54, 1.807) is 0 Å². The van der Waals surface area contributed by atoms with Crippen LogP contribution >= 0.6 is 0 Å². The largest absolute Gasteiger partial charge is 0.361 e. The topological polar surface area (TPSA) is 55.1 Å². The Morgan fingerprint density at radius 3 is 2.72 bits per heavy atom. The molecule has 0 radical (unpaired) electrons. The van der Waals surface area contributed by atoms with E-state index in [4.69, 9.17) is 4.52 Å². The lowest BCUT2D eigenvalue weighted by Gasteiger charge is -2.08. The van der Waals surface area contributed by atoms with Gasteiger partial charge in [-0.05, 0) is 61.1 Å². The van der Waals surface area contributed by atoms with Crippen LogP contribution in [0.25, 0.3) is 11.1 Å². The zero-order valence-electron chi connectivity index (χ0n) is 14.4. The second-order valence-electron chi connectivity index (χ2n) is 6.56. The van der Waals surface area contributed by atoms with E-state index in [1.807, 2.05) is 19.9 Å². The van der Waals surface area contributed by atoms with E-state index in [2.05, 4.69) is 46.9 Å². The van der Waals surface area contributed by atoms with E-state index in [1.165, 1.54) is 22.3 Å². The summed E-state index contributed by atoms with van der Waals surface area (Å²) in [6, 6.07) is 14.6. The molecule has 0 saturated carbocycles. The highest BCUT2D eigenvalue weighted by Crippen LogP contribution is 2.37. The summed E-state index contributed by atoms with van der Waals surface area (Å²) in [5, 5.41) is 6.95. The van der Waals surface area contributed by atoms with Crippen LogP contribution in [0.5, 0.6) is 0 Å². The molecule has 25 heavy (non-hydrogen) atoms. The van der Waals surface area contributed by atoms with Crippen LogP contribution in [-0.2, 0) is 17.6 Å². The van der Waals surface area contributed by atoms with E-state index in [0.29, 0.717) is 12.8 Å². The summed E-state index contributed by atoms with van der Waals surface area (Å²) in [7, 11) is 0. The summed E-state index contributed by atoms with van der Waals surface area (Å²) in [5.74, 6) is 0.797. The molecule has 0 fully saturated rings. The molecule has 1 aliphatic carbocycles. The Bertz CT molecular complexity index is 937. The van der Waals surface area contributed by atoms with Gasteiger partial charge in [0.1, 0.15) is 5.76 Å². The number of hydrogen-bond donors (Lipinski definition) is 1. The summed E-state index contributed by atoms with van der Waals surface area (Å²) >= 11 is 0. The number of nitrogens with zero attached hydrogens (tertiary/aromatic N) is 1. The lowest BCUT2D eigenvalue weighted by atomic mass is 10.0. The molecular formula is C21H20N2O2. The van der Waals surface area contributed by atoms with Gasteiger partial charge in [-0.2, -0.15) is 0 Å². The Morgan fingerprint density at radius 1 is 1.12 bits per heavy atom. The number of rotatable bonds is 4. The molecule has 0 atom stereocenters. The van der Waals surface area contributed by atoms with Crippen LogP contribution in [0.2, 0.25) is 0 Å². The lowest BCUT2D eigenvalue weighted by Crippen LogP contribution is -2.12. The smallest absolute Gasteiger partial charge is 0.224 e. The molecular weight excluding hydrogens is 312 g/mol. The maximum absolute atomic E-state index is 12.3. The molecule has 126 valence electrons. The second kappa shape index (κ2) is 6.20. The van der Waals surface area contributed by atoms with Crippen molar-refractivity contribution in [2.24, 2.45) is 0 Å². The number of aryl methyl sites for hydroxylation is 2. The Hall–Kier alpha value is -2.88. The van der Waals surface area contributed by atoms with Gasteiger partial charge >= 0.3 is 0 Å². The predicted octanol–water partition coefficient (Wildman–Crippen LogP) is 4.43. The molecule has 1 N–H and O–H groups in total. The number of fused-ring (bicyclic) bond motifs is 3. The minimum absolute atomic E-state index is 0.00577. The fourth-order valence-corrected chi connectivity index (χ4v) is 3.52. The van der Waals surface area contributed by atoms with Crippen molar-refractivity contribution in [3.05, 3.63) is 70.6 Å². The van der Waals surface area contributed by atoms with Crippen LogP contribution in [0.1, 0.15) is 34.6 Å². The molecule has 1 heterocycles. The lowest BCUT2D eigenvalue weighted by molar-refractivity contribution is -0.116. The van der Waals surface area contributed by atoms with Gasteiger partial charge in [-0.15, -0.1) is 0 Å². The standard InChI is InChI=1S/C21H20N2O2/c1-13-18(14(2)25-23-13)9-10-21(24)22-17-8-7-16-11-15-5-3-4-6-19(15)20(16)12-17/h3-8,12H,9-11H2,1-2H3,(H,22,24). The van der Waals surface area contributed by atoms with Gasteiger partial charge in [-0.1, -0.05) is 35.5 Å². The molecule has 0 aliphatic heterocycles. The van der Waals surface area contributed by atoms with Crippen molar-refractivity contribution in [2.45, 2.75) is 33.1 Å². The summed E-state index contributed by atoms with van der Waals surface area (Å²) < 4.78 is 5.15. The molecule has 1 amide bonds. The van der Waals surface area contributed by atoms with Crippen LogP contribution in [0.3, 0.4) is 0 Å². The van der Waals surface area contributed by atoms with E-state index in [0.717, 1.165) is 29.1 Å². The summed E-state index contributed by atoms with van der Waals surface area (Å²) in [6.45, 7) is 3.78. The third kappa shape index (κ3) is 2.95. The summed E-state index contributed by atoms with van der Waals surface area (Å²) in [6.07, 6.45) is 2.02. The zero-order valence-corrected chi connectivity index (χ0v) is 14.4. The maximum atomic E-state index is 12.3. The quantitative estimate of drug-likeness (QED) is 0.601. The molecule has 3 aromatic rings. The fourth-order valence-electron chi connectivity index (χ4n) is 3.52. The van der Waals surface area contributed by atoms with Crippen molar-refractivity contribution in [3.63, 3.8) is 0 Å². The van der Waals surface area contributed by atoms with Crippen molar-refractivity contribution in [1.29, 1.82) is 0 Å². The van der Waals surface area contributed by atoms with E-state index < -0.39 is 0 Å². The Morgan fingerprint density at radius 2 is 1.92 bits per heavy atom. The summed E-state index contributed by atoms with van der Waals surface area (Å²) in [5.41, 5.74) is 7.88. The molecule has 0 unspecified atom stereocenters. The first-order chi connectivity index (χ1) is 12.1. The van der Waals surface area contributed by atoms with E-state index in [-0.39, 0.29) is 5.91 Å². The predicted molar refractivity (Wildman–Crippen MR) is 97.6 cm³/mol. The first-order valence-electron chi connectivity index (χ1n) is 8.54. The molecule has 1 aliphatic rings. The fraction of sp³-hybridized carbons (Fsp3) is 0.238. The molecule has 4 nitrogen and oxygen atoms in total. The number of hydrogen-bond acceptors (Lipinski definition) is 3. The number of carbonyl (C=O) groups excluding carboxylic acids is 1. The maximum Gasteiger partial charge on any atom is 0.224 e. The van der Waals surface area contributed by atoms with Crippen molar-refractivity contribution in [2.75, 3.05) is 5.32 Å². The van der Waals surface area contributed by atoms with Gasteiger partial charge in [0, 0.05) is 17.7 Å². The Kier molecular flexibility index (Phi) is 3.88.